The lowest BCUT2D eigenvalue weighted by atomic mass is 10.1. The zero-order chi connectivity index (χ0) is 19.0. The number of H-pyrrole nitrogens is 1. The Morgan fingerprint density at radius 3 is 2.78 bits per heavy atom. The van der Waals surface area contributed by atoms with Gasteiger partial charge >= 0.3 is 0 Å². The fourth-order valence-electron chi connectivity index (χ4n) is 3.06. The maximum atomic E-state index is 12.5. The van der Waals surface area contributed by atoms with Gasteiger partial charge in [-0.15, -0.1) is 5.10 Å². The third-order valence-electron chi connectivity index (χ3n) is 4.42. The highest BCUT2D eigenvalue weighted by atomic mass is 35.5. The van der Waals surface area contributed by atoms with Crippen LogP contribution in [0.2, 0.25) is 5.02 Å². The van der Waals surface area contributed by atoms with Crippen molar-refractivity contribution >= 4 is 28.2 Å². The molecule has 0 saturated carbocycles. The molecule has 2 heterocycles. The predicted molar refractivity (Wildman–Crippen MR) is 106 cm³/mol. The number of nitrogens with zero attached hydrogens (tertiary/aromatic N) is 4. The molecule has 27 heavy (non-hydrogen) atoms. The monoisotopic (exact) mass is 380 g/mol. The molecule has 0 radical (unpaired) electrons. The number of para-hydroxylation sites is 1. The number of fused-ring (bicyclic) bond motifs is 1. The molecule has 0 saturated heterocycles. The summed E-state index contributed by atoms with van der Waals surface area (Å²) in [6.45, 7) is 3.78. The third-order valence-corrected chi connectivity index (χ3v) is 4.74. The minimum Gasteiger partial charge on any atom is -0.378 e. The number of halogens is 1. The van der Waals surface area contributed by atoms with E-state index in [2.05, 4.69) is 25.8 Å². The van der Waals surface area contributed by atoms with Gasteiger partial charge in [0.15, 0.2) is 5.82 Å². The lowest BCUT2D eigenvalue weighted by molar-refractivity contribution is 0.779. The molecular formula is C19H17ClN6O. The Hall–Kier alpha value is -3.19. The molecule has 0 spiro atoms. The van der Waals surface area contributed by atoms with Crippen molar-refractivity contribution in [1.82, 2.24) is 25.2 Å². The van der Waals surface area contributed by atoms with Crippen LogP contribution in [-0.2, 0) is 0 Å². The van der Waals surface area contributed by atoms with Crippen LogP contribution in [0.3, 0.4) is 0 Å². The lowest BCUT2D eigenvalue weighted by Gasteiger charge is -2.16. The zero-order valence-electron chi connectivity index (χ0n) is 14.8. The zero-order valence-corrected chi connectivity index (χ0v) is 15.5. The Morgan fingerprint density at radius 1 is 1.19 bits per heavy atom. The average molecular weight is 381 g/mol. The first-order valence-corrected chi connectivity index (χ1v) is 8.84. The van der Waals surface area contributed by atoms with Gasteiger partial charge in [0.25, 0.3) is 5.56 Å². The van der Waals surface area contributed by atoms with Crippen LogP contribution < -0.4 is 10.9 Å². The summed E-state index contributed by atoms with van der Waals surface area (Å²) in [5.41, 5.74) is 2.82. The molecule has 0 unspecified atom stereocenters. The molecule has 0 bridgehead atoms. The standard InChI is InChI=1S/C19H17ClN6O/c1-11(16-9-13-5-3-8-17(20)18(13)22-19(16)27)21-14-6-4-7-15(10-14)26-12(2)23-24-25-26/h3-11,21H,1-2H3,(H,22,27)/t11-/m0/s1. The van der Waals surface area contributed by atoms with E-state index in [4.69, 9.17) is 11.6 Å². The van der Waals surface area contributed by atoms with E-state index in [1.54, 1.807) is 10.7 Å². The lowest BCUT2D eigenvalue weighted by Crippen LogP contribution is -2.19. The van der Waals surface area contributed by atoms with Gasteiger partial charge in [-0.1, -0.05) is 29.8 Å². The largest absolute Gasteiger partial charge is 0.378 e. The molecule has 0 fully saturated rings. The van der Waals surface area contributed by atoms with Gasteiger partial charge in [0.05, 0.1) is 22.3 Å². The summed E-state index contributed by atoms with van der Waals surface area (Å²) in [7, 11) is 0. The minimum absolute atomic E-state index is 0.164. The number of pyridine rings is 1. The normalized spacial score (nSPS) is 12.3. The molecule has 7 nitrogen and oxygen atoms in total. The summed E-state index contributed by atoms with van der Waals surface area (Å²) in [5, 5.41) is 16.3. The molecule has 4 aromatic rings. The molecule has 136 valence electrons. The summed E-state index contributed by atoms with van der Waals surface area (Å²) < 4.78 is 1.65. The van der Waals surface area contributed by atoms with E-state index < -0.39 is 0 Å². The maximum Gasteiger partial charge on any atom is 0.253 e. The van der Waals surface area contributed by atoms with Crippen LogP contribution in [-0.4, -0.2) is 25.2 Å². The Bertz CT molecular complexity index is 1180. The molecule has 0 amide bonds. The van der Waals surface area contributed by atoms with Crippen LogP contribution in [0.5, 0.6) is 0 Å². The molecule has 1 atom stereocenters. The van der Waals surface area contributed by atoms with Crippen molar-refractivity contribution in [2.75, 3.05) is 5.32 Å². The van der Waals surface area contributed by atoms with E-state index in [1.807, 2.05) is 56.3 Å². The number of rotatable bonds is 4. The van der Waals surface area contributed by atoms with Gasteiger partial charge in [-0.2, -0.15) is 4.68 Å². The Balaban J connectivity index is 1.66. The van der Waals surface area contributed by atoms with Crippen LogP contribution >= 0.6 is 11.6 Å². The van der Waals surface area contributed by atoms with Crippen molar-refractivity contribution in [3.63, 3.8) is 0 Å². The van der Waals surface area contributed by atoms with Gasteiger partial charge in [-0.3, -0.25) is 4.79 Å². The fraction of sp³-hybridized carbons (Fsp3) is 0.158. The van der Waals surface area contributed by atoms with Crippen LogP contribution in [0.4, 0.5) is 5.69 Å². The highest BCUT2D eigenvalue weighted by Crippen LogP contribution is 2.24. The maximum absolute atomic E-state index is 12.5. The van der Waals surface area contributed by atoms with Gasteiger partial charge in [-0.05, 0) is 54.6 Å². The number of aromatic amines is 1. The van der Waals surface area contributed by atoms with Crippen molar-refractivity contribution in [2.24, 2.45) is 0 Å². The van der Waals surface area contributed by atoms with Gasteiger partial charge in [0, 0.05) is 16.6 Å². The molecule has 2 aromatic carbocycles. The number of benzene rings is 2. The van der Waals surface area contributed by atoms with Crippen molar-refractivity contribution in [1.29, 1.82) is 0 Å². The first kappa shape index (κ1) is 17.2. The van der Waals surface area contributed by atoms with Gasteiger partial charge in [-0.25, -0.2) is 0 Å². The van der Waals surface area contributed by atoms with E-state index in [-0.39, 0.29) is 11.6 Å². The second-order valence-electron chi connectivity index (χ2n) is 6.31. The third kappa shape index (κ3) is 3.29. The summed E-state index contributed by atoms with van der Waals surface area (Å²) in [4.78, 5) is 15.4. The number of tetrazole rings is 1. The van der Waals surface area contributed by atoms with Crippen LogP contribution in [0.15, 0.2) is 53.3 Å². The predicted octanol–water partition coefficient (Wildman–Crippen LogP) is 3.64. The van der Waals surface area contributed by atoms with E-state index in [0.717, 1.165) is 16.8 Å². The highest BCUT2D eigenvalue weighted by Gasteiger charge is 2.13. The Labute approximate surface area is 160 Å². The second kappa shape index (κ2) is 6.85. The molecule has 8 heteroatoms. The Kier molecular flexibility index (Phi) is 4.37. The van der Waals surface area contributed by atoms with Gasteiger partial charge < -0.3 is 10.3 Å². The first-order valence-electron chi connectivity index (χ1n) is 8.46. The highest BCUT2D eigenvalue weighted by molar-refractivity contribution is 6.35. The number of hydrogen-bond donors (Lipinski definition) is 2. The number of aromatic nitrogens is 5. The average Bonchev–Trinajstić information content (AvgIpc) is 3.08. The molecule has 0 aliphatic rings. The van der Waals surface area contributed by atoms with E-state index in [9.17, 15) is 4.79 Å². The van der Waals surface area contributed by atoms with Crippen molar-refractivity contribution < 1.29 is 0 Å². The van der Waals surface area contributed by atoms with E-state index >= 15 is 0 Å². The summed E-state index contributed by atoms with van der Waals surface area (Å²) >= 11 is 6.17. The Morgan fingerprint density at radius 2 is 2.00 bits per heavy atom. The smallest absolute Gasteiger partial charge is 0.253 e. The van der Waals surface area contributed by atoms with Gasteiger partial charge in [0.2, 0.25) is 0 Å². The topological polar surface area (TPSA) is 88.5 Å². The van der Waals surface area contributed by atoms with Crippen molar-refractivity contribution in [3.05, 3.63) is 75.3 Å². The number of nitrogens with one attached hydrogen (secondary N) is 2. The van der Waals surface area contributed by atoms with Crippen LogP contribution in [0, 0.1) is 6.92 Å². The summed E-state index contributed by atoms with van der Waals surface area (Å²) in [6, 6.07) is 14.9. The fourth-order valence-corrected chi connectivity index (χ4v) is 3.29. The molecular weight excluding hydrogens is 364 g/mol. The van der Waals surface area contributed by atoms with Crippen molar-refractivity contribution in [3.8, 4) is 5.69 Å². The number of hydrogen-bond acceptors (Lipinski definition) is 5. The van der Waals surface area contributed by atoms with Crippen LogP contribution in [0.25, 0.3) is 16.6 Å². The summed E-state index contributed by atoms with van der Waals surface area (Å²) in [6.07, 6.45) is 0. The van der Waals surface area contributed by atoms with E-state index in [1.165, 1.54) is 0 Å². The van der Waals surface area contributed by atoms with Gasteiger partial charge in [0.1, 0.15) is 0 Å². The first-order chi connectivity index (χ1) is 13.0. The molecule has 0 aliphatic carbocycles. The van der Waals surface area contributed by atoms with Crippen LogP contribution in [0.1, 0.15) is 24.4 Å². The summed E-state index contributed by atoms with van der Waals surface area (Å²) in [5.74, 6) is 0.697. The van der Waals surface area contributed by atoms with Crippen molar-refractivity contribution in [2.45, 2.75) is 19.9 Å². The van der Waals surface area contributed by atoms with E-state index in [0.29, 0.717) is 21.9 Å². The second-order valence-corrected chi connectivity index (χ2v) is 6.72. The number of anilines is 1. The minimum atomic E-state index is -0.206. The molecule has 2 aromatic heterocycles. The SMILES string of the molecule is Cc1nnnn1-c1cccc(N[C@@H](C)c2cc3cccc(Cl)c3[nH]c2=O)c1. The number of aryl methyl sites for hydroxylation is 1. The quantitative estimate of drug-likeness (QED) is 0.564. The molecule has 4 rings (SSSR count). The molecule has 0 aliphatic heterocycles. The molecule has 2 N–H and O–H groups in total.